The van der Waals surface area contributed by atoms with Gasteiger partial charge in [-0.3, -0.25) is 0 Å². The lowest BCUT2D eigenvalue weighted by Gasteiger charge is -2.15. The van der Waals surface area contributed by atoms with Crippen molar-refractivity contribution in [3.05, 3.63) is 29.8 Å². The van der Waals surface area contributed by atoms with Gasteiger partial charge >= 0.3 is 5.97 Å². The van der Waals surface area contributed by atoms with Gasteiger partial charge in [-0.25, -0.2) is 13.2 Å². The number of hydrogen-bond donors (Lipinski definition) is 1. The lowest BCUT2D eigenvalue weighted by atomic mass is 10.2. The molecular formula is C13H19NO5S. The largest absolute Gasteiger partial charge is 0.478 e. The minimum Gasteiger partial charge on any atom is -0.478 e. The minimum absolute atomic E-state index is 0.0289. The highest BCUT2D eigenvalue weighted by Gasteiger charge is 2.17. The third kappa shape index (κ3) is 4.92. The Morgan fingerprint density at radius 1 is 1.35 bits per heavy atom. The molecule has 0 atom stereocenters. The maximum absolute atomic E-state index is 12.1. The summed E-state index contributed by atoms with van der Waals surface area (Å²) in [5, 5.41) is 8.87. The van der Waals surface area contributed by atoms with Gasteiger partial charge in [0, 0.05) is 20.2 Å². The summed E-state index contributed by atoms with van der Waals surface area (Å²) >= 11 is 0. The molecule has 1 N–H and O–H groups in total. The van der Waals surface area contributed by atoms with Crippen molar-refractivity contribution < 1.29 is 23.1 Å². The number of ether oxygens (including phenoxy) is 1. The topological polar surface area (TPSA) is 83.9 Å². The Bertz CT molecular complexity index is 556. The second-order valence-electron chi connectivity index (χ2n) is 4.45. The number of hydrogen-bond acceptors (Lipinski definition) is 5. The van der Waals surface area contributed by atoms with Crippen molar-refractivity contribution in [1.82, 2.24) is 4.90 Å². The Morgan fingerprint density at radius 3 is 2.65 bits per heavy atom. The van der Waals surface area contributed by atoms with Gasteiger partial charge in [0.25, 0.3) is 0 Å². The van der Waals surface area contributed by atoms with E-state index in [0.717, 1.165) is 0 Å². The summed E-state index contributed by atoms with van der Waals surface area (Å²) in [6, 6.07) is 5.40. The first-order chi connectivity index (χ1) is 9.36. The second kappa shape index (κ2) is 7.37. The fraction of sp³-hybridized carbons (Fsp3) is 0.462. The van der Waals surface area contributed by atoms with E-state index in [1.807, 2.05) is 11.9 Å². The number of nitrogens with zero attached hydrogens (tertiary/aromatic N) is 1. The van der Waals surface area contributed by atoms with Gasteiger partial charge in [-0.05, 0) is 25.2 Å². The molecule has 0 radical (unpaired) electrons. The van der Waals surface area contributed by atoms with E-state index in [-0.39, 0.29) is 16.2 Å². The molecular weight excluding hydrogens is 282 g/mol. The van der Waals surface area contributed by atoms with Gasteiger partial charge in [-0.15, -0.1) is 0 Å². The molecule has 0 aromatic heterocycles. The van der Waals surface area contributed by atoms with E-state index in [0.29, 0.717) is 19.7 Å². The Hall–Kier alpha value is -1.44. The number of likely N-dealkylation sites (N-methyl/N-ethyl adjacent to an activating group) is 1. The monoisotopic (exact) mass is 301 g/mol. The molecule has 0 amide bonds. The van der Waals surface area contributed by atoms with Gasteiger partial charge in [0.1, 0.15) is 0 Å². The maximum atomic E-state index is 12.1. The average molecular weight is 301 g/mol. The molecule has 0 aliphatic carbocycles. The van der Waals surface area contributed by atoms with E-state index < -0.39 is 15.8 Å². The number of carboxylic acids is 1. The van der Waals surface area contributed by atoms with Crippen molar-refractivity contribution >= 4 is 15.8 Å². The molecule has 0 unspecified atom stereocenters. The van der Waals surface area contributed by atoms with Crippen molar-refractivity contribution in [2.75, 3.05) is 39.6 Å². The van der Waals surface area contributed by atoms with Crippen LogP contribution in [0.3, 0.4) is 0 Å². The summed E-state index contributed by atoms with van der Waals surface area (Å²) in [6.45, 7) is 1.54. The fourth-order valence-electron chi connectivity index (χ4n) is 1.58. The van der Waals surface area contributed by atoms with Gasteiger partial charge in [0.2, 0.25) is 0 Å². The molecule has 0 heterocycles. The highest BCUT2D eigenvalue weighted by Crippen LogP contribution is 2.13. The van der Waals surface area contributed by atoms with Crippen molar-refractivity contribution in [3.8, 4) is 0 Å². The lowest BCUT2D eigenvalue weighted by molar-refractivity contribution is 0.0696. The number of rotatable bonds is 8. The molecule has 0 aliphatic heterocycles. The van der Waals surface area contributed by atoms with Gasteiger partial charge < -0.3 is 14.7 Å². The highest BCUT2D eigenvalue weighted by atomic mass is 32.2. The van der Waals surface area contributed by atoms with Crippen LogP contribution in [0.1, 0.15) is 10.4 Å². The van der Waals surface area contributed by atoms with E-state index in [1.165, 1.54) is 24.3 Å². The highest BCUT2D eigenvalue weighted by molar-refractivity contribution is 7.91. The van der Waals surface area contributed by atoms with Gasteiger partial charge in [0.15, 0.2) is 9.84 Å². The van der Waals surface area contributed by atoms with Crippen LogP contribution in [0, 0.1) is 0 Å². The first-order valence-electron chi connectivity index (χ1n) is 6.10. The van der Waals surface area contributed by atoms with Crippen LogP contribution in [-0.2, 0) is 14.6 Å². The number of sulfone groups is 1. The molecule has 0 bridgehead atoms. The molecule has 0 saturated carbocycles. The molecule has 0 saturated heterocycles. The summed E-state index contributed by atoms with van der Waals surface area (Å²) in [5.41, 5.74) is -0.0289. The standard InChI is InChI=1S/C13H19NO5S/c1-14(6-8-19-2)7-9-20(17,18)12-5-3-4-11(10-12)13(15)16/h3-5,10H,6-9H2,1-2H3,(H,15,16). The van der Waals surface area contributed by atoms with Crippen LogP contribution in [0.2, 0.25) is 0 Å². The third-order valence-corrected chi connectivity index (χ3v) is 4.55. The van der Waals surface area contributed by atoms with Gasteiger partial charge in [-0.1, -0.05) is 6.07 Å². The molecule has 0 spiro atoms. The van der Waals surface area contributed by atoms with Crippen LogP contribution in [-0.4, -0.2) is 64.0 Å². The molecule has 0 fully saturated rings. The zero-order valence-electron chi connectivity index (χ0n) is 11.6. The van der Waals surface area contributed by atoms with Crippen molar-refractivity contribution in [2.45, 2.75) is 4.90 Å². The molecule has 1 aromatic carbocycles. The summed E-state index contributed by atoms with van der Waals surface area (Å²) < 4.78 is 29.2. The van der Waals surface area contributed by atoms with E-state index in [4.69, 9.17) is 9.84 Å². The number of aromatic carboxylic acids is 1. The molecule has 1 aromatic rings. The molecule has 7 heteroatoms. The predicted molar refractivity (Wildman–Crippen MR) is 74.8 cm³/mol. The molecule has 6 nitrogen and oxygen atoms in total. The zero-order chi connectivity index (χ0) is 15.2. The molecule has 1 rings (SSSR count). The summed E-state index contributed by atoms with van der Waals surface area (Å²) in [5.74, 6) is -1.20. The third-order valence-electron chi connectivity index (χ3n) is 2.86. The summed E-state index contributed by atoms with van der Waals surface area (Å²) in [6.07, 6.45) is 0. The van der Waals surface area contributed by atoms with Gasteiger partial charge in [-0.2, -0.15) is 0 Å². The van der Waals surface area contributed by atoms with Crippen molar-refractivity contribution in [1.29, 1.82) is 0 Å². The van der Waals surface area contributed by atoms with Crippen molar-refractivity contribution in [3.63, 3.8) is 0 Å². The maximum Gasteiger partial charge on any atom is 0.335 e. The number of methoxy groups -OCH3 is 1. The van der Waals surface area contributed by atoms with Gasteiger partial charge in [0.05, 0.1) is 22.8 Å². The summed E-state index contributed by atoms with van der Waals surface area (Å²) in [7, 11) is -0.0892. The zero-order valence-corrected chi connectivity index (χ0v) is 12.4. The number of benzene rings is 1. The van der Waals surface area contributed by atoms with E-state index in [9.17, 15) is 13.2 Å². The Kier molecular flexibility index (Phi) is 6.12. The minimum atomic E-state index is -3.48. The van der Waals surface area contributed by atoms with E-state index in [1.54, 1.807) is 7.11 Å². The first kappa shape index (κ1) is 16.6. The molecule has 112 valence electrons. The average Bonchev–Trinajstić information content (AvgIpc) is 2.43. The Balaban J connectivity index is 2.74. The number of carboxylic acid groups (broad SMARTS) is 1. The van der Waals surface area contributed by atoms with E-state index in [2.05, 4.69) is 0 Å². The fourth-order valence-corrected chi connectivity index (χ4v) is 2.96. The predicted octanol–water partition coefficient (Wildman–Crippen LogP) is 0.737. The SMILES string of the molecule is COCCN(C)CCS(=O)(=O)c1cccc(C(=O)O)c1. The quantitative estimate of drug-likeness (QED) is 0.762. The first-order valence-corrected chi connectivity index (χ1v) is 7.75. The number of carbonyl (C=O) groups is 1. The van der Waals surface area contributed by atoms with Crippen LogP contribution >= 0.6 is 0 Å². The molecule has 20 heavy (non-hydrogen) atoms. The smallest absolute Gasteiger partial charge is 0.335 e. The Labute approximate surface area is 118 Å². The second-order valence-corrected chi connectivity index (χ2v) is 6.56. The lowest BCUT2D eigenvalue weighted by Crippen LogP contribution is -2.28. The van der Waals surface area contributed by atoms with Crippen LogP contribution in [0.4, 0.5) is 0 Å². The summed E-state index contributed by atoms with van der Waals surface area (Å²) in [4.78, 5) is 12.7. The normalized spacial score (nSPS) is 11.8. The Morgan fingerprint density at radius 2 is 2.05 bits per heavy atom. The molecule has 0 aliphatic rings. The van der Waals surface area contributed by atoms with Crippen LogP contribution < -0.4 is 0 Å². The van der Waals surface area contributed by atoms with Crippen LogP contribution in [0.25, 0.3) is 0 Å². The van der Waals surface area contributed by atoms with Crippen molar-refractivity contribution in [2.24, 2.45) is 0 Å². The van der Waals surface area contributed by atoms with Crippen LogP contribution in [0.5, 0.6) is 0 Å². The van der Waals surface area contributed by atoms with E-state index >= 15 is 0 Å². The van der Waals surface area contributed by atoms with Crippen LogP contribution in [0.15, 0.2) is 29.2 Å².